The SMILES string of the molecule is CC1(Cc2ccc(S(F)=C(F)F)cc2)NC(=O)N(c2cc(Cl)cc(Cl)c2)C1=O. The van der Waals surface area contributed by atoms with Gasteiger partial charge in [0.1, 0.15) is 5.54 Å². The quantitative estimate of drug-likeness (QED) is 0.376. The van der Waals surface area contributed by atoms with Crippen molar-refractivity contribution in [1.82, 2.24) is 5.32 Å². The van der Waals surface area contributed by atoms with Crippen LogP contribution in [0.25, 0.3) is 0 Å². The molecule has 1 aliphatic heterocycles. The van der Waals surface area contributed by atoms with E-state index in [4.69, 9.17) is 23.2 Å². The molecule has 28 heavy (non-hydrogen) atoms. The van der Waals surface area contributed by atoms with Gasteiger partial charge in [-0.3, -0.25) is 4.79 Å². The Hall–Kier alpha value is -2.03. The Bertz CT molecular complexity index is 977. The molecule has 2 atom stereocenters. The molecule has 148 valence electrons. The summed E-state index contributed by atoms with van der Waals surface area (Å²) in [7, 11) is -2.74. The normalized spacial score (nSPS) is 20.3. The van der Waals surface area contributed by atoms with E-state index in [1.807, 2.05) is 0 Å². The van der Waals surface area contributed by atoms with Crippen LogP contribution in [0.4, 0.5) is 23.1 Å². The monoisotopic (exact) mass is 448 g/mol. The lowest BCUT2D eigenvalue weighted by atomic mass is 9.93. The van der Waals surface area contributed by atoms with Gasteiger partial charge in [0.15, 0.2) is 0 Å². The van der Waals surface area contributed by atoms with Gasteiger partial charge in [0.05, 0.1) is 16.6 Å². The van der Waals surface area contributed by atoms with Crippen LogP contribution < -0.4 is 10.2 Å². The van der Waals surface area contributed by atoms with Gasteiger partial charge in [0.2, 0.25) is 0 Å². The number of halogens is 5. The molecule has 1 heterocycles. The fraction of sp³-hybridized carbons (Fsp3) is 0.167. The molecule has 0 aromatic heterocycles. The molecule has 1 aliphatic rings. The number of amides is 3. The van der Waals surface area contributed by atoms with Crippen molar-refractivity contribution in [2.75, 3.05) is 4.90 Å². The summed E-state index contributed by atoms with van der Waals surface area (Å²) in [5, 5.41) is 0.868. The third kappa shape index (κ3) is 4.04. The van der Waals surface area contributed by atoms with E-state index in [1.54, 1.807) is 6.92 Å². The van der Waals surface area contributed by atoms with Crippen molar-refractivity contribution in [1.29, 1.82) is 0 Å². The second-order valence-electron chi connectivity index (χ2n) is 6.33. The minimum Gasteiger partial charge on any atom is -0.323 e. The van der Waals surface area contributed by atoms with Gasteiger partial charge in [-0.25, -0.2) is 9.69 Å². The topological polar surface area (TPSA) is 49.4 Å². The molecule has 2 unspecified atom stereocenters. The minimum atomic E-state index is -2.74. The zero-order valence-corrected chi connectivity index (χ0v) is 16.6. The van der Waals surface area contributed by atoms with Gasteiger partial charge in [0.25, 0.3) is 5.91 Å². The third-order valence-electron chi connectivity index (χ3n) is 4.19. The lowest BCUT2D eigenvalue weighted by Gasteiger charge is -2.22. The Morgan fingerprint density at radius 1 is 1.11 bits per heavy atom. The molecule has 10 heteroatoms. The summed E-state index contributed by atoms with van der Waals surface area (Å²) in [5.74, 6) is -0.520. The molecule has 0 spiro atoms. The highest BCUT2D eigenvalue weighted by molar-refractivity contribution is 8.11. The van der Waals surface area contributed by atoms with Crippen molar-refractivity contribution in [2.24, 2.45) is 0 Å². The van der Waals surface area contributed by atoms with Crippen LogP contribution in [0.3, 0.4) is 0 Å². The first-order valence-corrected chi connectivity index (χ1v) is 9.79. The van der Waals surface area contributed by atoms with E-state index in [2.05, 4.69) is 5.32 Å². The summed E-state index contributed by atoms with van der Waals surface area (Å²) < 4.78 is 38.2. The van der Waals surface area contributed by atoms with E-state index in [0.717, 1.165) is 4.90 Å². The number of rotatable bonds is 4. The predicted octanol–water partition coefficient (Wildman–Crippen LogP) is 5.59. The van der Waals surface area contributed by atoms with E-state index in [-0.39, 0.29) is 27.0 Å². The van der Waals surface area contributed by atoms with Gasteiger partial charge in [-0.2, -0.15) is 12.7 Å². The molecule has 0 saturated carbocycles. The van der Waals surface area contributed by atoms with Gasteiger partial charge < -0.3 is 5.32 Å². The summed E-state index contributed by atoms with van der Waals surface area (Å²) >= 11 is 11.9. The van der Waals surface area contributed by atoms with E-state index in [1.165, 1.54) is 42.5 Å². The summed E-state index contributed by atoms with van der Waals surface area (Å²) in [6.45, 7) is 1.54. The number of benzene rings is 2. The van der Waals surface area contributed by atoms with Gasteiger partial charge in [-0.15, -0.1) is 0 Å². The molecule has 1 N–H and O–H groups in total. The second kappa shape index (κ2) is 7.77. The highest BCUT2D eigenvalue weighted by Gasteiger charge is 2.48. The van der Waals surface area contributed by atoms with Crippen LogP contribution in [0, 0.1) is 0 Å². The maximum absolute atomic E-state index is 13.4. The van der Waals surface area contributed by atoms with Crippen molar-refractivity contribution in [3.8, 4) is 0 Å². The zero-order chi connectivity index (χ0) is 20.6. The number of anilines is 1. The number of imide groups is 1. The Balaban J connectivity index is 1.86. The molecule has 2 aromatic carbocycles. The number of carbonyl (C=O) groups is 2. The van der Waals surface area contributed by atoms with Gasteiger partial charge in [-0.05, 0) is 42.8 Å². The van der Waals surface area contributed by atoms with Crippen LogP contribution in [0.5, 0.6) is 0 Å². The fourth-order valence-corrected chi connectivity index (χ4v) is 4.00. The smallest absolute Gasteiger partial charge is 0.323 e. The molecule has 4 nitrogen and oxygen atoms in total. The molecule has 0 aliphatic carbocycles. The van der Waals surface area contributed by atoms with Crippen molar-refractivity contribution in [2.45, 2.75) is 23.8 Å². The standard InChI is InChI=1S/C18H13Cl2F3N2O2S/c1-18(9-10-2-4-14(5-3-10)28(23)16(21)22)15(26)25(17(27)24-18)13-7-11(19)6-12(20)8-13/h2-8H,9H2,1H3,(H,24,27). The number of hydrogen-bond donors (Lipinski definition) is 1. The van der Waals surface area contributed by atoms with Gasteiger partial charge in [0, 0.05) is 21.4 Å². The third-order valence-corrected chi connectivity index (χ3v) is 5.58. The number of nitrogens with zero attached hydrogens (tertiary/aromatic N) is 1. The highest BCUT2D eigenvalue weighted by Crippen LogP contribution is 2.33. The average Bonchev–Trinajstić information content (AvgIpc) is 2.82. The van der Waals surface area contributed by atoms with E-state index < -0.39 is 33.7 Å². The molecule has 2 aromatic rings. The van der Waals surface area contributed by atoms with Crippen LogP contribution in [0.2, 0.25) is 10.0 Å². The van der Waals surface area contributed by atoms with Crippen LogP contribution in [-0.4, -0.2) is 22.8 Å². The lowest BCUT2D eigenvalue weighted by molar-refractivity contribution is -0.121. The predicted molar refractivity (Wildman–Crippen MR) is 105 cm³/mol. The van der Waals surface area contributed by atoms with Crippen LogP contribution in [-0.2, 0) is 11.2 Å². The zero-order valence-electron chi connectivity index (χ0n) is 14.3. The highest BCUT2D eigenvalue weighted by atomic mass is 35.5. The minimum absolute atomic E-state index is 0.0878. The summed E-state index contributed by atoms with van der Waals surface area (Å²) in [4.78, 5) is 26.1. The van der Waals surface area contributed by atoms with E-state index in [9.17, 15) is 22.3 Å². The van der Waals surface area contributed by atoms with Crippen molar-refractivity contribution < 1.29 is 22.3 Å². The molecule has 0 bridgehead atoms. The number of hydrogen-bond acceptors (Lipinski definition) is 2. The molecular weight excluding hydrogens is 436 g/mol. The van der Waals surface area contributed by atoms with E-state index in [0.29, 0.717) is 5.56 Å². The number of nitrogens with one attached hydrogen (secondary N) is 1. The number of urea groups is 1. The lowest BCUT2D eigenvalue weighted by Crippen LogP contribution is -2.46. The average molecular weight is 449 g/mol. The second-order valence-corrected chi connectivity index (χ2v) is 8.50. The Morgan fingerprint density at radius 3 is 2.21 bits per heavy atom. The van der Waals surface area contributed by atoms with Gasteiger partial charge in [-0.1, -0.05) is 35.3 Å². The maximum atomic E-state index is 13.4. The van der Waals surface area contributed by atoms with Gasteiger partial charge >= 0.3 is 11.4 Å². The number of carbonyl (C=O) groups excluding carboxylic acids is 2. The Morgan fingerprint density at radius 2 is 1.68 bits per heavy atom. The molecule has 3 amide bonds. The van der Waals surface area contributed by atoms with Crippen LogP contribution in [0.15, 0.2) is 47.4 Å². The van der Waals surface area contributed by atoms with Crippen molar-refractivity contribution in [3.05, 3.63) is 58.1 Å². The van der Waals surface area contributed by atoms with Crippen molar-refractivity contribution >= 4 is 57.1 Å². The van der Waals surface area contributed by atoms with Crippen LogP contribution in [0.1, 0.15) is 12.5 Å². The first-order chi connectivity index (χ1) is 13.1. The Labute approximate surface area is 171 Å². The molecule has 1 fully saturated rings. The summed E-state index contributed by atoms with van der Waals surface area (Å²) in [5.41, 5.74) is -0.473. The van der Waals surface area contributed by atoms with Crippen molar-refractivity contribution in [3.63, 3.8) is 0 Å². The summed E-state index contributed by atoms with van der Waals surface area (Å²) in [6, 6.07) is 9.08. The molecule has 1 saturated heterocycles. The largest absolute Gasteiger partial charge is 0.329 e. The molecule has 3 rings (SSSR count). The summed E-state index contributed by atoms with van der Waals surface area (Å²) in [6.07, 6.45) is 0.0878. The Kier molecular flexibility index (Phi) is 5.74. The molecular formula is C18H13Cl2F3N2O2S. The fourth-order valence-electron chi connectivity index (χ4n) is 2.93. The maximum Gasteiger partial charge on any atom is 0.329 e. The molecule has 0 radical (unpaired) electrons. The van der Waals surface area contributed by atoms with E-state index >= 15 is 0 Å². The first-order valence-electron chi connectivity index (χ1n) is 7.91. The first kappa shape index (κ1) is 20.7. The van der Waals surface area contributed by atoms with Crippen LogP contribution >= 0.6 is 34.1 Å².